The van der Waals surface area contributed by atoms with Crippen molar-refractivity contribution in [2.24, 2.45) is 0 Å². The molecule has 1 saturated heterocycles. The van der Waals surface area contributed by atoms with E-state index in [1.165, 1.54) is 5.56 Å². The number of likely N-dealkylation sites (tertiary alicyclic amines) is 1. The lowest BCUT2D eigenvalue weighted by Gasteiger charge is -2.35. The maximum atomic E-state index is 11.4. The number of hydrogen-bond acceptors (Lipinski definition) is 4. The molecule has 22 heavy (non-hydrogen) atoms. The average molecular weight is 307 g/mol. The molecule has 122 valence electrons. The largest absolute Gasteiger partial charge is 0.496 e. The number of rotatable bonds is 5. The summed E-state index contributed by atoms with van der Waals surface area (Å²) in [6, 6.07) is 5.44. The Kier molecular flexibility index (Phi) is 5.42. The van der Waals surface area contributed by atoms with Crippen molar-refractivity contribution in [2.45, 2.75) is 51.3 Å². The Balaban J connectivity index is 2.24. The van der Waals surface area contributed by atoms with Gasteiger partial charge in [-0.25, -0.2) is 0 Å². The zero-order valence-corrected chi connectivity index (χ0v) is 13.5. The van der Waals surface area contributed by atoms with Gasteiger partial charge in [-0.15, -0.1) is 0 Å². The number of piperidine rings is 1. The molecule has 1 heterocycles. The summed E-state index contributed by atoms with van der Waals surface area (Å²) in [7, 11) is 1.63. The van der Waals surface area contributed by atoms with Gasteiger partial charge in [-0.1, -0.05) is 26.0 Å². The molecule has 2 rings (SSSR count). The Morgan fingerprint density at radius 3 is 2.77 bits per heavy atom. The lowest BCUT2D eigenvalue weighted by Crippen LogP contribution is -2.48. The van der Waals surface area contributed by atoms with Gasteiger partial charge in [0.25, 0.3) is 0 Å². The number of aliphatic carboxylic acids is 1. The zero-order valence-electron chi connectivity index (χ0n) is 13.5. The number of carbonyl (C=O) groups is 1. The first-order valence-corrected chi connectivity index (χ1v) is 7.74. The molecule has 0 aliphatic carbocycles. The van der Waals surface area contributed by atoms with Crippen molar-refractivity contribution in [3.8, 4) is 5.75 Å². The van der Waals surface area contributed by atoms with Gasteiger partial charge in [0.1, 0.15) is 11.8 Å². The van der Waals surface area contributed by atoms with Crippen LogP contribution in [-0.2, 0) is 11.3 Å². The van der Waals surface area contributed by atoms with Gasteiger partial charge in [-0.3, -0.25) is 9.69 Å². The summed E-state index contributed by atoms with van der Waals surface area (Å²) in [6.07, 6.45) is 0.360. The van der Waals surface area contributed by atoms with Crippen LogP contribution in [0.4, 0.5) is 0 Å². The lowest BCUT2D eigenvalue weighted by atomic mass is 9.96. The second kappa shape index (κ2) is 7.11. The predicted octanol–water partition coefficient (Wildman–Crippen LogP) is 2.23. The van der Waals surface area contributed by atoms with Gasteiger partial charge in [0.15, 0.2) is 0 Å². The summed E-state index contributed by atoms with van der Waals surface area (Å²) < 4.78 is 5.41. The molecule has 2 N–H and O–H groups in total. The van der Waals surface area contributed by atoms with Gasteiger partial charge in [0.2, 0.25) is 0 Å². The van der Waals surface area contributed by atoms with E-state index >= 15 is 0 Å². The molecule has 0 bridgehead atoms. The molecule has 5 nitrogen and oxygen atoms in total. The van der Waals surface area contributed by atoms with Crippen molar-refractivity contribution < 1.29 is 19.7 Å². The number of nitrogens with zero attached hydrogens (tertiary/aromatic N) is 1. The SMILES string of the molecule is COc1ccc(C(C)C)cc1CN1CC[C@H](O)C[C@@H]1C(=O)O. The first-order chi connectivity index (χ1) is 10.4. The van der Waals surface area contributed by atoms with Gasteiger partial charge in [0.05, 0.1) is 13.2 Å². The van der Waals surface area contributed by atoms with Gasteiger partial charge >= 0.3 is 5.97 Å². The molecular formula is C17H25NO4. The van der Waals surface area contributed by atoms with E-state index in [1.807, 2.05) is 17.0 Å². The molecule has 0 aromatic heterocycles. The summed E-state index contributed by atoms with van der Waals surface area (Å²) in [5, 5.41) is 19.1. The van der Waals surface area contributed by atoms with Crippen LogP contribution in [0.3, 0.4) is 0 Å². The van der Waals surface area contributed by atoms with Gasteiger partial charge in [-0.05, 0) is 30.4 Å². The van der Waals surface area contributed by atoms with Crippen LogP contribution in [0, 0.1) is 0 Å². The molecular weight excluding hydrogens is 282 g/mol. The molecule has 0 radical (unpaired) electrons. The second-order valence-corrected chi connectivity index (χ2v) is 6.23. The Morgan fingerprint density at radius 2 is 2.18 bits per heavy atom. The number of aliphatic hydroxyl groups excluding tert-OH is 1. The predicted molar refractivity (Wildman–Crippen MR) is 84.2 cm³/mol. The van der Waals surface area contributed by atoms with Gasteiger partial charge in [-0.2, -0.15) is 0 Å². The van der Waals surface area contributed by atoms with E-state index in [2.05, 4.69) is 19.9 Å². The highest BCUT2D eigenvalue weighted by molar-refractivity contribution is 5.73. The van der Waals surface area contributed by atoms with E-state index in [1.54, 1.807) is 7.11 Å². The third kappa shape index (κ3) is 3.78. The normalized spacial score (nSPS) is 22.8. The summed E-state index contributed by atoms with van der Waals surface area (Å²) >= 11 is 0. The fourth-order valence-corrected chi connectivity index (χ4v) is 2.94. The average Bonchev–Trinajstić information content (AvgIpc) is 2.48. The highest BCUT2D eigenvalue weighted by Crippen LogP contribution is 2.28. The van der Waals surface area contributed by atoms with E-state index in [-0.39, 0.29) is 6.42 Å². The summed E-state index contributed by atoms with van der Waals surface area (Å²) in [5.41, 5.74) is 2.20. The molecule has 5 heteroatoms. The molecule has 1 aromatic carbocycles. The summed E-state index contributed by atoms with van der Waals surface area (Å²) in [5.74, 6) is 0.306. The molecule has 1 aliphatic rings. The summed E-state index contributed by atoms with van der Waals surface area (Å²) in [4.78, 5) is 13.4. The summed E-state index contributed by atoms with van der Waals surface area (Å²) in [6.45, 7) is 5.35. The van der Waals surface area contributed by atoms with Crippen LogP contribution >= 0.6 is 0 Å². The van der Waals surface area contributed by atoms with E-state index in [9.17, 15) is 15.0 Å². The quantitative estimate of drug-likeness (QED) is 0.873. The molecule has 2 atom stereocenters. The molecule has 0 unspecified atom stereocenters. The standard InChI is InChI=1S/C17H25NO4/c1-11(2)12-4-5-16(22-3)13(8-12)10-18-7-6-14(19)9-15(18)17(20)21/h4-5,8,11,14-15,19H,6-7,9-10H2,1-3H3,(H,20,21)/t14-,15+/m0/s1. The van der Waals surface area contributed by atoms with E-state index < -0.39 is 18.1 Å². The highest BCUT2D eigenvalue weighted by Gasteiger charge is 2.33. The molecule has 0 amide bonds. The molecule has 1 fully saturated rings. The third-order valence-corrected chi connectivity index (χ3v) is 4.32. The lowest BCUT2D eigenvalue weighted by molar-refractivity contribution is -0.147. The van der Waals surface area contributed by atoms with Crippen LogP contribution in [0.5, 0.6) is 5.75 Å². The van der Waals surface area contributed by atoms with E-state index in [0.717, 1.165) is 11.3 Å². The smallest absolute Gasteiger partial charge is 0.321 e. The van der Waals surface area contributed by atoms with Crippen molar-refractivity contribution in [3.63, 3.8) is 0 Å². The number of carboxylic acids is 1. The fraction of sp³-hybridized carbons (Fsp3) is 0.588. The number of ether oxygens (including phenoxy) is 1. The van der Waals surface area contributed by atoms with Crippen molar-refractivity contribution in [1.29, 1.82) is 0 Å². The van der Waals surface area contributed by atoms with E-state index in [0.29, 0.717) is 25.4 Å². The van der Waals surface area contributed by atoms with Crippen molar-refractivity contribution >= 4 is 5.97 Å². The fourth-order valence-electron chi connectivity index (χ4n) is 2.94. The van der Waals surface area contributed by atoms with Crippen molar-refractivity contribution in [1.82, 2.24) is 4.90 Å². The second-order valence-electron chi connectivity index (χ2n) is 6.23. The van der Waals surface area contributed by atoms with Crippen LogP contribution in [0.1, 0.15) is 43.7 Å². The first kappa shape index (κ1) is 16.8. The minimum absolute atomic E-state index is 0.279. The van der Waals surface area contributed by atoms with Crippen molar-refractivity contribution in [2.75, 3.05) is 13.7 Å². The number of methoxy groups -OCH3 is 1. The minimum Gasteiger partial charge on any atom is -0.496 e. The topological polar surface area (TPSA) is 70.0 Å². The Bertz CT molecular complexity index is 529. The van der Waals surface area contributed by atoms with E-state index in [4.69, 9.17) is 4.74 Å². The Morgan fingerprint density at radius 1 is 1.45 bits per heavy atom. The van der Waals surface area contributed by atoms with Gasteiger partial charge in [0, 0.05) is 18.7 Å². The molecule has 1 aliphatic heterocycles. The van der Waals surface area contributed by atoms with Crippen LogP contribution in [0.2, 0.25) is 0 Å². The Hall–Kier alpha value is -1.59. The van der Waals surface area contributed by atoms with Crippen molar-refractivity contribution in [3.05, 3.63) is 29.3 Å². The number of benzene rings is 1. The third-order valence-electron chi connectivity index (χ3n) is 4.32. The first-order valence-electron chi connectivity index (χ1n) is 7.74. The zero-order chi connectivity index (χ0) is 16.3. The monoisotopic (exact) mass is 307 g/mol. The molecule has 1 aromatic rings. The molecule has 0 saturated carbocycles. The van der Waals surface area contributed by atoms with Gasteiger partial charge < -0.3 is 14.9 Å². The highest BCUT2D eigenvalue weighted by atomic mass is 16.5. The number of carboxylic acid groups (broad SMARTS) is 1. The van der Waals surface area contributed by atoms with Crippen LogP contribution in [0.15, 0.2) is 18.2 Å². The minimum atomic E-state index is -0.877. The Labute approximate surface area is 131 Å². The van der Waals surface area contributed by atoms with Crippen LogP contribution in [-0.4, -0.2) is 46.9 Å². The number of aliphatic hydroxyl groups is 1. The maximum absolute atomic E-state index is 11.4. The maximum Gasteiger partial charge on any atom is 0.321 e. The van der Waals surface area contributed by atoms with Crippen LogP contribution < -0.4 is 4.74 Å². The number of hydrogen-bond donors (Lipinski definition) is 2. The molecule has 0 spiro atoms. The van der Waals surface area contributed by atoms with Crippen LogP contribution in [0.25, 0.3) is 0 Å².